The minimum absolute atomic E-state index is 0.127. The minimum atomic E-state index is 0.127. The van der Waals surface area contributed by atoms with Crippen LogP contribution in [0.2, 0.25) is 0 Å². The van der Waals surface area contributed by atoms with Gasteiger partial charge in [-0.3, -0.25) is 4.79 Å². The first kappa shape index (κ1) is 13.7. The van der Waals surface area contributed by atoms with Gasteiger partial charge in [0.2, 0.25) is 0 Å². The van der Waals surface area contributed by atoms with E-state index < -0.39 is 0 Å². The van der Waals surface area contributed by atoms with E-state index in [1.165, 1.54) is 12.8 Å². The lowest BCUT2D eigenvalue weighted by Gasteiger charge is -2.34. The van der Waals surface area contributed by atoms with Gasteiger partial charge in [0.05, 0.1) is 0 Å². The second kappa shape index (κ2) is 5.47. The predicted molar refractivity (Wildman–Crippen MR) is 76.6 cm³/mol. The van der Waals surface area contributed by atoms with Crippen LogP contribution in [0.3, 0.4) is 0 Å². The van der Waals surface area contributed by atoms with Crippen LogP contribution in [0.4, 0.5) is 0 Å². The fourth-order valence-electron chi connectivity index (χ4n) is 2.84. The molecule has 18 heavy (non-hydrogen) atoms. The molecule has 0 aliphatic heterocycles. The molecule has 1 aliphatic rings. The smallest absolute Gasteiger partial charge is 0.270 e. The number of aromatic nitrogens is 1. The third-order valence-corrected chi connectivity index (χ3v) is 4.40. The van der Waals surface area contributed by atoms with Crippen molar-refractivity contribution in [1.82, 2.24) is 9.47 Å². The van der Waals surface area contributed by atoms with E-state index in [-0.39, 0.29) is 5.91 Å². The van der Waals surface area contributed by atoms with Gasteiger partial charge in [0.25, 0.3) is 5.91 Å². The SMILES string of the molecule is CC1CCCC(N(C)C(=O)c2cc(Br)cn2C)C1. The molecule has 1 aliphatic carbocycles. The van der Waals surface area contributed by atoms with Gasteiger partial charge in [-0.25, -0.2) is 0 Å². The molecule has 4 heteroatoms. The van der Waals surface area contributed by atoms with Crippen molar-refractivity contribution in [2.45, 2.75) is 38.6 Å². The molecule has 100 valence electrons. The Kier molecular flexibility index (Phi) is 4.15. The maximum absolute atomic E-state index is 12.5. The molecule has 3 nitrogen and oxygen atoms in total. The summed E-state index contributed by atoms with van der Waals surface area (Å²) in [6, 6.07) is 2.29. The molecule has 0 bridgehead atoms. The van der Waals surface area contributed by atoms with Crippen LogP contribution in [0.1, 0.15) is 43.1 Å². The van der Waals surface area contributed by atoms with Crippen molar-refractivity contribution < 1.29 is 4.79 Å². The van der Waals surface area contributed by atoms with Crippen molar-refractivity contribution >= 4 is 21.8 Å². The Morgan fingerprint density at radius 2 is 2.22 bits per heavy atom. The van der Waals surface area contributed by atoms with Gasteiger partial charge < -0.3 is 9.47 Å². The van der Waals surface area contributed by atoms with Crippen LogP contribution in [-0.2, 0) is 7.05 Å². The van der Waals surface area contributed by atoms with Gasteiger partial charge in [-0.15, -0.1) is 0 Å². The maximum Gasteiger partial charge on any atom is 0.270 e. The molecule has 0 aromatic carbocycles. The molecule has 1 aromatic heterocycles. The van der Waals surface area contributed by atoms with Crippen LogP contribution in [0.15, 0.2) is 16.7 Å². The van der Waals surface area contributed by atoms with Gasteiger partial charge in [-0.2, -0.15) is 0 Å². The normalized spacial score (nSPS) is 24.0. The topological polar surface area (TPSA) is 25.2 Å². The summed E-state index contributed by atoms with van der Waals surface area (Å²) in [4.78, 5) is 14.4. The maximum atomic E-state index is 12.5. The lowest BCUT2D eigenvalue weighted by Crippen LogP contribution is -2.40. The summed E-state index contributed by atoms with van der Waals surface area (Å²) in [5.74, 6) is 0.862. The van der Waals surface area contributed by atoms with E-state index in [0.717, 1.165) is 28.9 Å². The van der Waals surface area contributed by atoms with E-state index in [4.69, 9.17) is 0 Å². The first-order chi connectivity index (χ1) is 8.49. The molecule has 2 rings (SSSR count). The highest BCUT2D eigenvalue weighted by Gasteiger charge is 2.27. The van der Waals surface area contributed by atoms with Crippen LogP contribution >= 0.6 is 15.9 Å². The number of rotatable bonds is 2. The average molecular weight is 313 g/mol. The lowest BCUT2D eigenvalue weighted by molar-refractivity contribution is 0.0662. The monoisotopic (exact) mass is 312 g/mol. The van der Waals surface area contributed by atoms with E-state index in [0.29, 0.717) is 6.04 Å². The Bertz CT molecular complexity index is 441. The van der Waals surface area contributed by atoms with Crippen molar-refractivity contribution in [3.63, 3.8) is 0 Å². The zero-order valence-corrected chi connectivity index (χ0v) is 12.9. The van der Waals surface area contributed by atoms with E-state index in [1.54, 1.807) is 0 Å². The molecular formula is C14H21BrN2O. The van der Waals surface area contributed by atoms with Gasteiger partial charge in [-0.05, 0) is 40.8 Å². The highest BCUT2D eigenvalue weighted by Crippen LogP contribution is 2.27. The van der Waals surface area contributed by atoms with Crippen LogP contribution in [0, 0.1) is 5.92 Å². The second-order valence-electron chi connectivity index (χ2n) is 5.50. The fraction of sp³-hybridized carbons (Fsp3) is 0.643. The Morgan fingerprint density at radius 1 is 1.50 bits per heavy atom. The van der Waals surface area contributed by atoms with Crippen molar-refractivity contribution in [2.24, 2.45) is 13.0 Å². The molecule has 2 unspecified atom stereocenters. The zero-order valence-electron chi connectivity index (χ0n) is 11.3. The molecule has 1 heterocycles. The van der Waals surface area contributed by atoms with Crippen LogP contribution in [0.5, 0.6) is 0 Å². The second-order valence-corrected chi connectivity index (χ2v) is 6.41. The summed E-state index contributed by atoms with van der Waals surface area (Å²) >= 11 is 3.41. The predicted octanol–water partition coefficient (Wildman–Crippen LogP) is 3.44. The van der Waals surface area contributed by atoms with Gasteiger partial charge in [0, 0.05) is 30.8 Å². The Labute approximate surface area is 117 Å². The highest BCUT2D eigenvalue weighted by molar-refractivity contribution is 9.10. The van der Waals surface area contributed by atoms with E-state index in [1.807, 2.05) is 35.8 Å². The molecule has 1 fully saturated rings. The quantitative estimate of drug-likeness (QED) is 0.821. The Morgan fingerprint density at radius 3 is 2.78 bits per heavy atom. The van der Waals surface area contributed by atoms with Crippen LogP contribution in [0.25, 0.3) is 0 Å². The number of halogens is 1. The summed E-state index contributed by atoms with van der Waals surface area (Å²) in [5, 5.41) is 0. The molecule has 0 N–H and O–H groups in total. The molecule has 2 atom stereocenters. The summed E-state index contributed by atoms with van der Waals surface area (Å²) in [6.07, 6.45) is 6.73. The Balaban J connectivity index is 2.11. The molecule has 0 spiro atoms. The summed E-state index contributed by atoms with van der Waals surface area (Å²) in [5.41, 5.74) is 0.752. The number of carbonyl (C=O) groups is 1. The largest absolute Gasteiger partial charge is 0.345 e. The van der Waals surface area contributed by atoms with Crippen LogP contribution < -0.4 is 0 Å². The van der Waals surface area contributed by atoms with E-state index in [9.17, 15) is 4.79 Å². The third kappa shape index (κ3) is 2.79. The average Bonchev–Trinajstić information content (AvgIpc) is 2.66. The van der Waals surface area contributed by atoms with Crippen molar-refractivity contribution in [1.29, 1.82) is 0 Å². The van der Waals surface area contributed by atoms with E-state index in [2.05, 4.69) is 22.9 Å². The number of carbonyl (C=O) groups excluding carboxylic acids is 1. The fourth-order valence-corrected chi connectivity index (χ4v) is 3.36. The van der Waals surface area contributed by atoms with Crippen molar-refractivity contribution in [3.8, 4) is 0 Å². The molecule has 1 aromatic rings. The molecule has 1 amide bonds. The molecular weight excluding hydrogens is 292 g/mol. The number of amides is 1. The first-order valence-corrected chi connectivity index (χ1v) is 7.37. The summed E-state index contributed by atoms with van der Waals surface area (Å²) in [7, 11) is 3.85. The van der Waals surface area contributed by atoms with Gasteiger partial charge >= 0.3 is 0 Å². The van der Waals surface area contributed by atoms with Crippen LogP contribution in [-0.4, -0.2) is 28.5 Å². The Hall–Kier alpha value is -0.770. The lowest BCUT2D eigenvalue weighted by atomic mass is 9.86. The number of hydrogen-bond acceptors (Lipinski definition) is 1. The zero-order chi connectivity index (χ0) is 13.3. The van der Waals surface area contributed by atoms with Crippen molar-refractivity contribution in [2.75, 3.05) is 7.05 Å². The van der Waals surface area contributed by atoms with Gasteiger partial charge in [-0.1, -0.05) is 19.8 Å². The molecule has 0 saturated heterocycles. The third-order valence-electron chi connectivity index (χ3n) is 3.97. The van der Waals surface area contributed by atoms with Crippen molar-refractivity contribution in [3.05, 3.63) is 22.4 Å². The first-order valence-electron chi connectivity index (χ1n) is 6.58. The number of nitrogens with zero attached hydrogens (tertiary/aromatic N) is 2. The van der Waals surface area contributed by atoms with Gasteiger partial charge in [0.15, 0.2) is 0 Å². The molecule has 1 saturated carbocycles. The standard InChI is InChI=1S/C14H21BrN2O/c1-10-5-4-6-12(7-10)17(3)14(18)13-8-11(15)9-16(13)2/h8-10,12H,4-7H2,1-3H3. The molecule has 0 radical (unpaired) electrons. The summed E-state index contributed by atoms with van der Waals surface area (Å²) in [6.45, 7) is 2.28. The van der Waals surface area contributed by atoms with E-state index >= 15 is 0 Å². The number of hydrogen-bond donors (Lipinski definition) is 0. The number of aryl methyl sites for hydroxylation is 1. The highest BCUT2D eigenvalue weighted by atomic mass is 79.9. The van der Waals surface area contributed by atoms with Gasteiger partial charge in [0.1, 0.15) is 5.69 Å². The summed E-state index contributed by atoms with van der Waals surface area (Å²) < 4.78 is 2.84. The minimum Gasteiger partial charge on any atom is -0.345 e.